The van der Waals surface area contributed by atoms with Crippen LogP contribution in [0.5, 0.6) is 0 Å². The van der Waals surface area contributed by atoms with Crippen LogP contribution in [-0.2, 0) is 46.5 Å². The first-order valence-electron chi connectivity index (χ1n) is 21.9. The second kappa shape index (κ2) is 33.5. The van der Waals surface area contributed by atoms with Crippen molar-refractivity contribution in [2.45, 2.75) is 206 Å². The van der Waals surface area contributed by atoms with Crippen LogP contribution in [-0.4, -0.2) is 82.6 Å². The quantitative estimate of drug-likeness (QED) is 0.0149. The zero-order valence-electron chi connectivity index (χ0n) is 35.3. The molecule has 0 aromatic heterocycles. The van der Waals surface area contributed by atoms with Gasteiger partial charge >= 0.3 is 27.6 Å². The third-order valence-electron chi connectivity index (χ3n) is 10.1. The highest BCUT2D eigenvalue weighted by Gasteiger charge is 2.36. The first kappa shape index (κ1) is 53.8. The summed E-state index contributed by atoms with van der Waals surface area (Å²) in [4.78, 5) is 52.7. The summed E-state index contributed by atoms with van der Waals surface area (Å²) in [5.41, 5.74) is 0. The average Bonchev–Trinajstić information content (AvgIpc) is 3.92. The fraction of sp³-hybridized carbons (Fsp3) is 0.902. The van der Waals surface area contributed by atoms with Gasteiger partial charge in [-0.25, -0.2) is 9.13 Å². The summed E-state index contributed by atoms with van der Waals surface area (Å²) in [6.07, 6.45) is 28.0. The third kappa shape index (κ3) is 34.3. The molecule has 14 nitrogen and oxygen atoms in total. The lowest BCUT2D eigenvalue weighted by atomic mass is 9.99. The van der Waals surface area contributed by atoms with Gasteiger partial charge in [-0.3, -0.25) is 23.2 Å². The molecule has 0 amide bonds. The lowest BCUT2D eigenvalue weighted by molar-refractivity contribution is -0.161. The number of allylic oxidation sites excluding steroid dienone is 1. The first-order chi connectivity index (χ1) is 27.2. The minimum atomic E-state index is -4.86. The molecule has 57 heavy (non-hydrogen) atoms. The number of phosphoric acid groups is 2. The fourth-order valence-electron chi connectivity index (χ4n) is 6.27. The van der Waals surface area contributed by atoms with Gasteiger partial charge in [0.2, 0.25) is 0 Å². The van der Waals surface area contributed by atoms with Gasteiger partial charge in [0.05, 0.1) is 32.0 Å². The van der Waals surface area contributed by atoms with Crippen molar-refractivity contribution in [3.63, 3.8) is 0 Å². The molecule has 0 saturated carbocycles. The Balaban J connectivity index is 2.36. The van der Waals surface area contributed by atoms with Crippen molar-refractivity contribution < 1.29 is 66.3 Å². The van der Waals surface area contributed by atoms with Crippen LogP contribution in [0.15, 0.2) is 12.2 Å². The van der Waals surface area contributed by atoms with E-state index in [1.54, 1.807) is 0 Å². The maximum atomic E-state index is 12.7. The monoisotopic (exact) mass is 856 g/mol. The van der Waals surface area contributed by atoms with Crippen LogP contribution in [0.25, 0.3) is 0 Å². The number of aliphatic hydroxyl groups excluding tert-OH is 1. The van der Waals surface area contributed by atoms with E-state index < -0.39 is 59.6 Å². The molecular formula is C41H78O14P2. The van der Waals surface area contributed by atoms with Crippen molar-refractivity contribution in [2.75, 3.05) is 26.4 Å². The molecule has 1 saturated heterocycles. The van der Waals surface area contributed by atoms with E-state index in [-0.39, 0.29) is 19.4 Å². The van der Waals surface area contributed by atoms with Gasteiger partial charge < -0.3 is 34.0 Å². The molecule has 0 aromatic rings. The summed E-state index contributed by atoms with van der Waals surface area (Å²) in [5.74, 6) is -0.223. The summed E-state index contributed by atoms with van der Waals surface area (Å²) >= 11 is 0. The topological polar surface area (TPSA) is 208 Å². The molecule has 4 N–H and O–H groups in total. The van der Waals surface area contributed by atoms with Crippen LogP contribution >= 0.6 is 15.6 Å². The summed E-state index contributed by atoms with van der Waals surface area (Å²) < 4.78 is 53.5. The summed E-state index contributed by atoms with van der Waals surface area (Å²) in [6, 6.07) is 0. The van der Waals surface area contributed by atoms with Gasteiger partial charge in [-0.2, -0.15) is 0 Å². The van der Waals surface area contributed by atoms with Crippen molar-refractivity contribution in [1.29, 1.82) is 0 Å². The Labute approximate surface area is 343 Å². The number of aliphatic hydroxyl groups is 1. The van der Waals surface area contributed by atoms with E-state index in [1.807, 2.05) is 0 Å². The highest BCUT2D eigenvalue weighted by atomic mass is 31.2. The van der Waals surface area contributed by atoms with E-state index in [2.05, 4.69) is 42.0 Å². The predicted molar refractivity (Wildman–Crippen MR) is 220 cm³/mol. The zero-order chi connectivity index (χ0) is 42.2. The summed E-state index contributed by atoms with van der Waals surface area (Å²) in [5, 5.41) is 9.74. The van der Waals surface area contributed by atoms with E-state index >= 15 is 0 Å². The number of epoxide rings is 1. The molecule has 1 fully saturated rings. The van der Waals surface area contributed by atoms with Crippen LogP contribution in [0, 0.1) is 5.92 Å². The largest absolute Gasteiger partial charge is 0.472 e. The van der Waals surface area contributed by atoms with Crippen LogP contribution in [0.3, 0.4) is 0 Å². The smallest absolute Gasteiger partial charge is 0.462 e. The van der Waals surface area contributed by atoms with Crippen molar-refractivity contribution in [1.82, 2.24) is 0 Å². The lowest BCUT2D eigenvalue weighted by Crippen LogP contribution is -2.30. The van der Waals surface area contributed by atoms with Gasteiger partial charge in [0.25, 0.3) is 0 Å². The number of phosphoric ester groups is 2. The maximum absolute atomic E-state index is 12.7. The van der Waals surface area contributed by atoms with Crippen molar-refractivity contribution >= 4 is 27.6 Å². The van der Waals surface area contributed by atoms with E-state index in [4.69, 9.17) is 28.5 Å². The second-order valence-electron chi connectivity index (χ2n) is 15.6. The lowest BCUT2D eigenvalue weighted by Gasteiger charge is -2.20. The number of carbonyl (C=O) groups excluding carboxylic acids is 2. The van der Waals surface area contributed by atoms with E-state index in [1.165, 1.54) is 70.6 Å². The number of rotatable bonds is 40. The Hall–Kier alpha value is -1.18. The highest BCUT2D eigenvalue weighted by Crippen LogP contribution is 2.44. The first-order valence-corrected chi connectivity index (χ1v) is 24.9. The minimum absolute atomic E-state index is 0.114. The molecule has 0 radical (unpaired) electrons. The van der Waals surface area contributed by atoms with Crippen LogP contribution in [0.2, 0.25) is 0 Å². The molecule has 1 rings (SSSR count). The Kier molecular flexibility index (Phi) is 31.7. The molecule has 6 atom stereocenters. The molecule has 1 aliphatic rings. The maximum Gasteiger partial charge on any atom is 0.472 e. The van der Waals surface area contributed by atoms with Gasteiger partial charge in [0.1, 0.15) is 12.7 Å². The van der Waals surface area contributed by atoms with Crippen LogP contribution in [0.4, 0.5) is 0 Å². The normalized spacial score (nSPS) is 18.3. The number of hydrogen-bond donors (Lipinski definition) is 4. The molecule has 4 unspecified atom stereocenters. The average molecular weight is 857 g/mol. The molecule has 1 heterocycles. The standard InChI is InChI=1S/C41H78O14P2/c1-4-6-21-27-38-39(55-38)28-23-18-14-11-12-16-20-25-30-41(44)54-37(34-53-57(48,49)52-32-36(42)31-51-56(45,46)47)33-50-40(43)29-24-19-15-10-8-7-9-13-17-22-26-35(3)5-2/h18,23,35-39,42H,4-17,19-22,24-34H2,1-3H3,(H,48,49)(H2,45,46,47)/b23-18-/t35?,36-,37+,38?,39?/m0/s1. The van der Waals surface area contributed by atoms with Crippen molar-refractivity contribution in [3.8, 4) is 0 Å². The van der Waals surface area contributed by atoms with Gasteiger partial charge in [-0.1, -0.05) is 142 Å². The van der Waals surface area contributed by atoms with Crippen molar-refractivity contribution in [2.24, 2.45) is 5.92 Å². The molecule has 336 valence electrons. The number of ether oxygens (including phenoxy) is 3. The Morgan fingerprint density at radius 1 is 0.667 bits per heavy atom. The Morgan fingerprint density at radius 3 is 1.84 bits per heavy atom. The Morgan fingerprint density at radius 2 is 1.23 bits per heavy atom. The van der Waals surface area contributed by atoms with Crippen LogP contribution < -0.4 is 0 Å². The number of esters is 2. The number of carbonyl (C=O) groups is 2. The second-order valence-corrected chi connectivity index (χ2v) is 18.3. The third-order valence-corrected chi connectivity index (χ3v) is 11.5. The number of hydrogen-bond acceptors (Lipinski definition) is 11. The van der Waals surface area contributed by atoms with E-state index in [0.717, 1.165) is 70.1 Å². The molecule has 0 aromatic carbocycles. The van der Waals surface area contributed by atoms with Gasteiger partial charge in [0, 0.05) is 12.8 Å². The predicted octanol–water partition coefficient (Wildman–Crippen LogP) is 9.80. The SMILES string of the molecule is CCCCCC1OC1C/C=C\CCCCCCCC(=O)O[C@H](COC(=O)CCCCCCCCCCCCC(C)CC)COP(=O)(O)OC[C@@H](O)COP(=O)(O)O. The highest BCUT2D eigenvalue weighted by molar-refractivity contribution is 7.47. The van der Waals surface area contributed by atoms with E-state index in [9.17, 15) is 28.7 Å². The fourth-order valence-corrected chi connectivity index (χ4v) is 7.43. The van der Waals surface area contributed by atoms with Gasteiger partial charge in [-0.15, -0.1) is 0 Å². The summed E-state index contributed by atoms with van der Waals surface area (Å²) in [7, 11) is -9.67. The molecule has 0 bridgehead atoms. The Bertz CT molecular complexity index is 1150. The van der Waals surface area contributed by atoms with E-state index in [0.29, 0.717) is 25.0 Å². The molecule has 1 aliphatic heterocycles. The molecule has 0 spiro atoms. The van der Waals surface area contributed by atoms with Gasteiger partial charge in [0.15, 0.2) is 6.10 Å². The molecular weight excluding hydrogens is 778 g/mol. The van der Waals surface area contributed by atoms with Gasteiger partial charge in [-0.05, 0) is 44.4 Å². The van der Waals surface area contributed by atoms with Crippen LogP contribution in [0.1, 0.15) is 181 Å². The summed E-state index contributed by atoms with van der Waals surface area (Å²) in [6.45, 7) is 4.05. The van der Waals surface area contributed by atoms with Crippen molar-refractivity contribution in [3.05, 3.63) is 12.2 Å². The minimum Gasteiger partial charge on any atom is -0.462 e. The zero-order valence-corrected chi connectivity index (χ0v) is 37.1. The number of unbranched alkanes of at least 4 members (excludes halogenated alkanes) is 16. The molecule has 16 heteroatoms. The molecule has 0 aliphatic carbocycles.